The fourth-order valence-corrected chi connectivity index (χ4v) is 3.98. The van der Waals surface area contributed by atoms with Gasteiger partial charge < -0.3 is 5.11 Å². The lowest BCUT2D eigenvalue weighted by Crippen LogP contribution is -2.22. The Hall–Kier alpha value is -2.35. The third-order valence-corrected chi connectivity index (χ3v) is 6.31. The SMILES string of the molecule is Cc1c(Cl)cccc1N=C([O-])c1ccccc1NS(=O)(=O)c1ccc(Br)cc1. The molecule has 3 aromatic carbocycles. The predicted octanol–water partition coefficient (Wildman–Crippen LogP) is 4.65. The number of para-hydroxylation sites is 1. The van der Waals surface area contributed by atoms with E-state index in [1.54, 1.807) is 49.4 Å². The van der Waals surface area contributed by atoms with Gasteiger partial charge in [0.05, 0.1) is 16.3 Å². The Kier molecular flexibility index (Phi) is 6.07. The Bertz CT molecular complexity index is 1150. The molecule has 28 heavy (non-hydrogen) atoms. The summed E-state index contributed by atoms with van der Waals surface area (Å²) in [5, 5.41) is 13.2. The van der Waals surface area contributed by atoms with Gasteiger partial charge in [0.15, 0.2) is 0 Å². The van der Waals surface area contributed by atoms with Gasteiger partial charge in [0.1, 0.15) is 0 Å². The second-order valence-corrected chi connectivity index (χ2v) is 8.91. The maximum Gasteiger partial charge on any atom is 0.261 e. The van der Waals surface area contributed by atoms with Gasteiger partial charge in [-0.2, -0.15) is 0 Å². The first-order valence-corrected chi connectivity index (χ1v) is 10.8. The van der Waals surface area contributed by atoms with E-state index in [1.807, 2.05) is 0 Å². The van der Waals surface area contributed by atoms with Gasteiger partial charge >= 0.3 is 0 Å². The summed E-state index contributed by atoms with van der Waals surface area (Å²) >= 11 is 9.34. The van der Waals surface area contributed by atoms with Crippen LogP contribution >= 0.6 is 27.5 Å². The molecule has 0 heterocycles. The zero-order chi connectivity index (χ0) is 20.3. The van der Waals surface area contributed by atoms with E-state index in [0.717, 1.165) is 4.47 Å². The van der Waals surface area contributed by atoms with Gasteiger partial charge in [-0.05, 0) is 60.8 Å². The van der Waals surface area contributed by atoms with Crippen molar-refractivity contribution in [2.24, 2.45) is 4.99 Å². The number of benzene rings is 3. The Labute approximate surface area is 176 Å². The van der Waals surface area contributed by atoms with Crippen LogP contribution in [-0.2, 0) is 10.0 Å². The number of nitrogens with zero attached hydrogens (tertiary/aromatic N) is 1. The first-order valence-electron chi connectivity index (χ1n) is 8.16. The molecule has 0 amide bonds. The van der Waals surface area contributed by atoms with Gasteiger partial charge in [0, 0.05) is 15.1 Å². The second-order valence-electron chi connectivity index (χ2n) is 5.91. The fourth-order valence-electron chi connectivity index (χ4n) is 2.46. The van der Waals surface area contributed by atoms with Crippen molar-refractivity contribution in [1.29, 1.82) is 0 Å². The highest BCUT2D eigenvalue weighted by atomic mass is 79.9. The number of hydrogen-bond acceptors (Lipinski definition) is 4. The minimum atomic E-state index is -3.86. The minimum absolute atomic E-state index is 0.0839. The first kappa shape index (κ1) is 20.4. The molecule has 0 aliphatic rings. The molecule has 8 heteroatoms. The summed E-state index contributed by atoms with van der Waals surface area (Å²) in [5.74, 6) is -0.570. The maximum absolute atomic E-state index is 12.7. The highest BCUT2D eigenvalue weighted by Crippen LogP contribution is 2.27. The molecule has 0 radical (unpaired) electrons. The Morgan fingerprint density at radius 2 is 1.71 bits per heavy atom. The molecule has 0 saturated carbocycles. The molecule has 0 aliphatic carbocycles. The van der Waals surface area contributed by atoms with Crippen LogP contribution in [0, 0.1) is 6.92 Å². The van der Waals surface area contributed by atoms with Gasteiger partial charge in [-0.15, -0.1) is 0 Å². The molecule has 1 N–H and O–H groups in total. The van der Waals surface area contributed by atoms with Crippen molar-refractivity contribution in [3.05, 3.63) is 87.4 Å². The van der Waals surface area contributed by atoms with E-state index in [2.05, 4.69) is 25.6 Å². The highest BCUT2D eigenvalue weighted by Gasteiger charge is 2.16. The van der Waals surface area contributed by atoms with Crippen LogP contribution in [0.2, 0.25) is 5.02 Å². The van der Waals surface area contributed by atoms with Crippen molar-refractivity contribution in [2.45, 2.75) is 11.8 Å². The Morgan fingerprint density at radius 1 is 1.04 bits per heavy atom. The topological polar surface area (TPSA) is 81.6 Å². The van der Waals surface area contributed by atoms with Crippen molar-refractivity contribution in [2.75, 3.05) is 4.72 Å². The molecule has 0 spiro atoms. The van der Waals surface area contributed by atoms with Gasteiger partial charge in [-0.1, -0.05) is 51.8 Å². The van der Waals surface area contributed by atoms with Crippen LogP contribution in [0.3, 0.4) is 0 Å². The quantitative estimate of drug-likeness (QED) is 0.428. The van der Waals surface area contributed by atoms with E-state index in [0.29, 0.717) is 16.3 Å². The fraction of sp³-hybridized carbons (Fsp3) is 0.0500. The van der Waals surface area contributed by atoms with Crippen LogP contribution in [0.1, 0.15) is 11.1 Å². The lowest BCUT2D eigenvalue weighted by molar-refractivity contribution is -0.212. The third kappa shape index (κ3) is 4.55. The largest absolute Gasteiger partial charge is 0.858 e. The van der Waals surface area contributed by atoms with Crippen LogP contribution in [0.15, 0.2) is 81.1 Å². The predicted molar refractivity (Wildman–Crippen MR) is 114 cm³/mol. The smallest absolute Gasteiger partial charge is 0.261 e. The van der Waals surface area contributed by atoms with E-state index in [4.69, 9.17) is 11.6 Å². The first-order chi connectivity index (χ1) is 13.3. The maximum atomic E-state index is 12.7. The summed E-state index contributed by atoms with van der Waals surface area (Å²) in [4.78, 5) is 4.18. The summed E-state index contributed by atoms with van der Waals surface area (Å²) in [5.41, 5.74) is 1.40. The van der Waals surface area contributed by atoms with Gasteiger partial charge in [-0.25, -0.2) is 8.42 Å². The Morgan fingerprint density at radius 3 is 2.43 bits per heavy atom. The summed E-state index contributed by atoms with van der Waals surface area (Å²) in [6.45, 7) is 1.76. The van der Waals surface area contributed by atoms with Crippen LogP contribution in [0.25, 0.3) is 0 Å². The normalized spacial score (nSPS) is 12.0. The van der Waals surface area contributed by atoms with Crippen LogP contribution < -0.4 is 9.83 Å². The Balaban J connectivity index is 1.98. The van der Waals surface area contributed by atoms with E-state index in [1.165, 1.54) is 24.3 Å². The number of hydrogen-bond donors (Lipinski definition) is 1. The van der Waals surface area contributed by atoms with Crippen LogP contribution in [0.4, 0.5) is 11.4 Å². The lowest BCUT2D eigenvalue weighted by atomic mass is 10.1. The second kappa shape index (κ2) is 8.34. The van der Waals surface area contributed by atoms with E-state index in [-0.39, 0.29) is 16.1 Å². The molecule has 0 fully saturated rings. The molecular formula is C20H15BrClN2O3S-. The molecule has 0 bridgehead atoms. The lowest BCUT2D eigenvalue weighted by Gasteiger charge is -2.17. The summed E-state index contributed by atoms with van der Waals surface area (Å²) in [6, 6.07) is 17.6. The molecule has 3 rings (SSSR count). The molecule has 0 unspecified atom stereocenters. The van der Waals surface area contributed by atoms with E-state index in [9.17, 15) is 13.5 Å². The van der Waals surface area contributed by atoms with Gasteiger partial charge in [-0.3, -0.25) is 9.71 Å². The van der Waals surface area contributed by atoms with E-state index >= 15 is 0 Å². The van der Waals surface area contributed by atoms with Gasteiger partial charge in [0.25, 0.3) is 10.0 Å². The molecule has 0 aromatic heterocycles. The standard InChI is InChI=1S/C20H16BrClN2O3S/c1-13-17(22)6-4-8-18(13)23-20(25)16-5-2-3-7-19(16)24-28(26,27)15-11-9-14(21)10-12-15/h2-12,24H,1H3,(H,23,25)/p-1. The zero-order valence-electron chi connectivity index (χ0n) is 14.7. The van der Waals surface area contributed by atoms with E-state index < -0.39 is 15.9 Å². The summed E-state index contributed by atoms with van der Waals surface area (Å²) in [7, 11) is -3.86. The molecule has 5 nitrogen and oxygen atoms in total. The van der Waals surface area contributed by atoms with Crippen LogP contribution in [0.5, 0.6) is 0 Å². The number of sulfonamides is 1. The summed E-state index contributed by atoms with van der Waals surface area (Å²) in [6.07, 6.45) is 0. The molecule has 144 valence electrons. The van der Waals surface area contributed by atoms with Crippen molar-refractivity contribution >= 4 is 54.8 Å². The highest BCUT2D eigenvalue weighted by molar-refractivity contribution is 9.10. The average molecular weight is 479 g/mol. The van der Waals surface area contributed by atoms with Crippen molar-refractivity contribution in [3.8, 4) is 0 Å². The van der Waals surface area contributed by atoms with Crippen LogP contribution in [-0.4, -0.2) is 14.3 Å². The number of halogens is 2. The summed E-state index contributed by atoms with van der Waals surface area (Å²) < 4.78 is 28.5. The minimum Gasteiger partial charge on any atom is -0.858 e. The molecular weight excluding hydrogens is 464 g/mol. The monoisotopic (exact) mass is 477 g/mol. The zero-order valence-corrected chi connectivity index (χ0v) is 17.8. The van der Waals surface area contributed by atoms with Crippen molar-refractivity contribution in [1.82, 2.24) is 0 Å². The van der Waals surface area contributed by atoms with Crippen molar-refractivity contribution in [3.63, 3.8) is 0 Å². The number of nitrogens with one attached hydrogen (secondary N) is 1. The molecule has 3 aromatic rings. The van der Waals surface area contributed by atoms with Gasteiger partial charge in [0.2, 0.25) is 0 Å². The number of rotatable bonds is 5. The molecule has 0 atom stereocenters. The number of aliphatic imine (C=N–C) groups is 1. The molecule has 0 saturated heterocycles. The van der Waals surface area contributed by atoms with Crippen molar-refractivity contribution < 1.29 is 13.5 Å². The third-order valence-electron chi connectivity index (χ3n) is 3.99. The number of anilines is 1. The average Bonchev–Trinajstić information content (AvgIpc) is 2.66. The molecule has 0 aliphatic heterocycles.